The maximum atomic E-state index is 12.6. The number of piperidine rings is 1. The Kier molecular flexibility index (Phi) is 4.17. The van der Waals surface area contributed by atoms with Gasteiger partial charge < -0.3 is 4.90 Å². The van der Waals surface area contributed by atoms with Crippen LogP contribution in [0.5, 0.6) is 0 Å². The molecule has 110 valence electrons. The van der Waals surface area contributed by atoms with Crippen molar-refractivity contribution in [3.63, 3.8) is 0 Å². The first-order chi connectivity index (χ1) is 9.29. The van der Waals surface area contributed by atoms with E-state index in [4.69, 9.17) is 0 Å². The van der Waals surface area contributed by atoms with E-state index in [-0.39, 0.29) is 37.4 Å². The molecule has 1 fully saturated rings. The summed E-state index contributed by atoms with van der Waals surface area (Å²) in [6.45, 7) is 0.222. The smallest absolute Gasteiger partial charge is 0.351 e. The summed E-state index contributed by atoms with van der Waals surface area (Å²) in [6, 6.07) is 1.30. The first-order valence-electron chi connectivity index (χ1n) is 5.90. The molecule has 0 unspecified atom stereocenters. The number of hydrogen-bond acceptors (Lipinski definition) is 4. The van der Waals surface area contributed by atoms with Crippen LogP contribution >= 0.6 is 15.9 Å². The normalized spacial score (nSPS) is 17.3. The number of pyridine rings is 1. The summed E-state index contributed by atoms with van der Waals surface area (Å²) >= 11 is 3.09. The molecule has 1 aliphatic heterocycles. The summed E-state index contributed by atoms with van der Waals surface area (Å²) in [4.78, 5) is 15.9. The van der Waals surface area contributed by atoms with E-state index in [1.165, 1.54) is 17.2 Å². The molecule has 0 aromatic carbocycles. The molecule has 5 nitrogen and oxygen atoms in total. The molecule has 0 saturated carbocycles. The van der Waals surface area contributed by atoms with Crippen LogP contribution < -0.4 is 4.90 Å². The number of alkyl halides is 3. The largest absolute Gasteiger partial charge is 0.391 e. The Morgan fingerprint density at radius 2 is 2.00 bits per heavy atom. The van der Waals surface area contributed by atoms with E-state index in [1.54, 1.807) is 0 Å². The van der Waals surface area contributed by atoms with Gasteiger partial charge in [0.2, 0.25) is 5.82 Å². The van der Waals surface area contributed by atoms with Gasteiger partial charge in [-0.15, -0.1) is 0 Å². The topological polar surface area (TPSA) is 59.3 Å². The van der Waals surface area contributed by atoms with Gasteiger partial charge in [0.05, 0.1) is 10.8 Å². The number of rotatable bonds is 2. The van der Waals surface area contributed by atoms with Gasteiger partial charge in [0.25, 0.3) is 0 Å². The SMILES string of the molecule is O=[N+]([O-])c1cc(Br)cnc1N1CCC(C(F)(F)F)CC1. The van der Waals surface area contributed by atoms with Crippen molar-refractivity contribution in [2.75, 3.05) is 18.0 Å². The lowest BCUT2D eigenvalue weighted by molar-refractivity contribution is -0.384. The highest BCUT2D eigenvalue weighted by Crippen LogP contribution is 2.37. The Hall–Kier alpha value is -1.38. The Labute approximate surface area is 121 Å². The molecule has 20 heavy (non-hydrogen) atoms. The minimum Gasteiger partial charge on any atom is -0.351 e. The first kappa shape index (κ1) is 15.0. The molecule has 1 aromatic rings. The third-order valence-electron chi connectivity index (χ3n) is 3.27. The Morgan fingerprint density at radius 3 is 2.50 bits per heavy atom. The van der Waals surface area contributed by atoms with Crippen molar-refractivity contribution in [2.45, 2.75) is 19.0 Å². The average molecular weight is 354 g/mol. The molecule has 0 amide bonds. The Balaban J connectivity index is 2.17. The molecule has 1 aliphatic rings. The van der Waals surface area contributed by atoms with E-state index in [9.17, 15) is 23.3 Å². The van der Waals surface area contributed by atoms with Gasteiger partial charge in [-0.3, -0.25) is 10.1 Å². The standard InChI is InChI=1S/C11H11BrF3N3O2/c12-8-5-9(18(19)20)10(16-6-8)17-3-1-7(2-4-17)11(13,14)15/h5-7H,1-4H2. The van der Waals surface area contributed by atoms with Crippen LogP contribution in [0.4, 0.5) is 24.7 Å². The molecule has 1 saturated heterocycles. The maximum Gasteiger partial charge on any atom is 0.391 e. The van der Waals surface area contributed by atoms with Crippen LogP contribution in [-0.4, -0.2) is 29.2 Å². The number of halogens is 4. The number of aromatic nitrogens is 1. The molecule has 0 atom stereocenters. The summed E-state index contributed by atoms with van der Waals surface area (Å²) in [6.07, 6.45) is -2.94. The molecule has 2 heterocycles. The van der Waals surface area contributed by atoms with Crippen molar-refractivity contribution in [3.8, 4) is 0 Å². The third-order valence-corrected chi connectivity index (χ3v) is 3.70. The zero-order valence-corrected chi connectivity index (χ0v) is 11.8. The third kappa shape index (κ3) is 3.20. The molecular weight excluding hydrogens is 343 g/mol. The summed E-state index contributed by atoms with van der Waals surface area (Å²) in [5.74, 6) is -1.22. The van der Waals surface area contributed by atoms with Gasteiger partial charge in [0.1, 0.15) is 0 Å². The Morgan fingerprint density at radius 1 is 1.40 bits per heavy atom. The van der Waals surface area contributed by atoms with Crippen molar-refractivity contribution in [1.29, 1.82) is 0 Å². The van der Waals surface area contributed by atoms with Gasteiger partial charge in [-0.1, -0.05) is 0 Å². The minimum atomic E-state index is -4.20. The Bertz CT molecular complexity index is 516. The van der Waals surface area contributed by atoms with E-state index in [0.29, 0.717) is 4.47 Å². The van der Waals surface area contributed by atoms with E-state index in [0.717, 1.165) is 0 Å². The van der Waals surface area contributed by atoms with Crippen LogP contribution in [0.25, 0.3) is 0 Å². The molecule has 0 radical (unpaired) electrons. The van der Waals surface area contributed by atoms with Gasteiger partial charge in [-0.05, 0) is 28.8 Å². The van der Waals surface area contributed by atoms with Crippen LogP contribution in [0.1, 0.15) is 12.8 Å². The van der Waals surface area contributed by atoms with Crippen molar-refractivity contribution < 1.29 is 18.1 Å². The van der Waals surface area contributed by atoms with E-state index >= 15 is 0 Å². The lowest BCUT2D eigenvalue weighted by Crippen LogP contribution is -2.39. The summed E-state index contributed by atoms with van der Waals surface area (Å²) in [7, 11) is 0. The molecule has 0 N–H and O–H groups in total. The fourth-order valence-corrected chi connectivity index (χ4v) is 2.54. The first-order valence-corrected chi connectivity index (χ1v) is 6.70. The van der Waals surface area contributed by atoms with Crippen molar-refractivity contribution in [2.24, 2.45) is 5.92 Å². The second-order valence-corrected chi connectivity index (χ2v) is 5.47. The molecule has 0 aliphatic carbocycles. The van der Waals surface area contributed by atoms with Crippen LogP contribution in [0.3, 0.4) is 0 Å². The molecular formula is C11H11BrF3N3O2. The molecule has 9 heteroatoms. The fourth-order valence-electron chi connectivity index (χ4n) is 2.22. The predicted molar refractivity (Wildman–Crippen MR) is 69.6 cm³/mol. The summed E-state index contributed by atoms with van der Waals surface area (Å²) < 4.78 is 38.2. The minimum absolute atomic E-state index is 0.0710. The molecule has 2 rings (SSSR count). The monoisotopic (exact) mass is 353 g/mol. The quantitative estimate of drug-likeness (QED) is 0.602. The van der Waals surface area contributed by atoms with Crippen LogP contribution in [0, 0.1) is 16.0 Å². The highest BCUT2D eigenvalue weighted by Gasteiger charge is 2.41. The lowest BCUT2D eigenvalue weighted by Gasteiger charge is -2.33. The number of anilines is 1. The lowest BCUT2D eigenvalue weighted by atomic mass is 9.96. The summed E-state index contributed by atoms with van der Waals surface area (Å²) in [5.41, 5.74) is -0.204. The van der Waals surface area contributed by atoms with Gasteiger partial charge in [0.15, 0.2) is 0 Å². The highest BCUT2D eigenvalue weighted by molar-refractivity contribution is 9.10. The average Bonchev–Trinajstić information content (AvgIpc) is 2.37. The zero-order chi connectivity index (χ0) is 14.9. The predicted octanol–water partition coefficient (Wildman–Crippen LogP) is 3.53. The van der Waals surface area contributed by atoms with Crippen molar-refractivity contribution >= 4 is 27.4 Å². The number of hydrogen-bond donors (Lipinski definition) is 0. The van der Waals surface area contributed by atoms with Crippen LogP contribution in [0.2, 0.25) is 0 Å². The van der Waals surface area contributed by atoms with Crippen LogP contribution in [-0.2, 0) is 0 Å². The van der Waals surface area contributed by atoms with Crippen molar-refractivity contribution in [1.82, 2.24) is 4.98 Å². The highest BCUT2D eigenvalue weighted by atomic mass is 79.9. The van der Waals surface area contributed by atoms with Crippen molar-refractivity contribution in [3.05, 3.63) is 26.9 Å². The van der Waals surface area contributed by atoms with E-state index in [1.807, 2.05) is 0 Å². The summed E-state index contributed by atoms with van der Waals surface area (Å²) in [5, 5.41) is 11.0. The fraction of sp³-hybridized carbons (Fsp3) is 0.545. The second kappa shape index (κ2) is 5.55. The van der Waals surface area contributed by atoms with E-state index in [2.05, 4.69) is 20.9 Å². The van der Waals surface area contributed by atoms with Crippen LogP contribution in [0.15, 0.2) is 16.7 Å². The number of nitrogens with zero attached hydrogens (tertiary/aromatic N) is 3. The molecule has 0 spiro atoms. The van der Waals surface area contributed by atoms with E-state index < -0.39 is 17.0 Å². The van der Waals surface area contributed by atoms with Gasteiger partial charge >= 0.3 is 11.9 Å². The second-order valence-electron chi connectivity index (χ2n) is 4.56. The zero-order valence-electron chi connectivity index (χ0n) is 10.2. The molecule has 1 aromatic heterocycles. The van der Waals surface area contributed by atoms with Gasteiger partial charge in [0, 0.05) is 29.8 Å². The van der Waals surface area contributed by atoms with Gasteiger partial charge in [-0.2, -0.15) is 13.2 Å². The van der Waals surface area contributed by atoms with Gasteiger partial charge in [-0.25, -0.2) is 4.98 Å². The maximum absolute atomic E-state index is 12.6. The molecule has 0 bridgehead atoms. The number of nitro groups is 1.